The van der Waals surface area contributed by atoms with E-state index in [1.54, 1.807) is 0 Å². The van der Waals surface area contributed by atoms with E-state index in [-0.39, 0.29) is 0 Å². The van der Waals surface area contributed by atoms with Gasteiger partial charge in [0.1, 0.15) is 0 Å². The van der Waals surface area contributed by atoms with E-state index in [1.807, 2.05) is 11.8 Å². The summed E-state index contributed by atoms with van der Waals surface area (Å²) in [7, 11) is 2.19. The van der Waals surface area contributed by atoms with Crippen LogP contribution < -0.4 is 10.6 Å². The number of nitrogens with zero attached hydrogens (tertiary/aromatic N) is 1. The maximum atomic E-state index is 5.58. The molecule has 1 unspecified atom stereocenters. The maximum absolute atomic E-state index is 5.58. The van der Waals surface area contributed by atoms with Crippen LogP contribution in [0.1, 0.15) is 12.8 Å². The third-order valence-electron chi connectivity index (χ3n) is 3.02. The maximum Gasteiger partial charge on any atom is 0.0515 e. The summed E-state index contributed by atoms with van der Waals surface area (Å²) in [5.74, 6) is 1.17. The molecular weight excluding hydrogens is 284 g/mol. The molecule has 2 rings (SSSR count). The van der Waals surface area contributed by atoms with E-state index in [4.69, 9.17) is 5.73 Å². The molecule has 0 amide bonds. The molecule has 0 aromatic heterocycles. The van der Waals surface area contributed by atoms with Gasteiger partial charge in [0.05, 0.1) is 5.69 Å². The van der Waals surface area contributed by atoms with Gasteiger partial charge in [0.25, 0.3) is 0 Å². The van der Waals surface area contributed by atoms with Crippen LogP contribution in [-0.2, 0) is 0 Å². The molecule has 1 heterocycles. The lowest BCUT2D eigenvalue weighted by Gasteiger charge is -2.35. The molecule has 0 spiro atoms. The second-order valence-electron chi connectivity index (χ2n) is 4.12. The lowest BCUT2D eigenvalue weighted by molar-refractivity contribution is 0.599. The smallest absolute Gasteiger partial charge is 0.0515 e. The number of hydrogen-bond acceptors (Lipinski definition) is 3. The Balaban J connectivity index is 2.17. The standard InChI is InChI=1S/C12H17BrN2S/c1-15-10(3-2-6-14)8-16-12-5-4-9(13)7-11(12)15/h4-5,7,10H,2-3,6,8,14H2,1H3. The first-order valence-electron chi connectivity index (χ1n) is 5.57. The Morgan fingerprint density at radius 2 is 2.38 bits per heavy atom. The fourth-order valence-corrected chi connectivity index (χ4v) is 3.64. The van der Waals surface area contributed by atoms with Crippen molar-refractivity contribution in [2.24, 2.45) is 5.73 Å². The molecule has 0 fully saturated rings. The third kappa shape index (κ3) is 2.55. The van der Waals surface area contributed by atoms with E-state index in [2.05, 4.69) is 46.1 Å². The molecule has 0 radical (unpaired) electrons. The van der Waals surface area contributed by atoms with Gasteiger partial charge in [0.15, 0.2) is 0 Å². The van der Waals surface area contributed by atoms with Crippen LogP contribution >= 0.6 is 27.7 Å². The predicted octanol–water partition coefficient (Wildman–Crippen LogP) is 3.10. The summed E-state index contributed by atoms with van der Waals surface area (Å²) < 4.78 is 1.15. The first kappa shape index (κ1) is 12.3. The van der Waals surface area contributed by atoms with Gasteiger partial charge in [0, 0.05) is 28.2 Å². The van der Waals surface area contributed by atoms with Crippen LogP contribution in [0.5, 0.6) is 0 Å². The van der Waals surface area contributed by atoms with Crippen molar-refractivity contribution in [3.8, 4) is 0 Å². The molecule has 0 saturated heterocycles. The van der Waals surface area contributed by atoms with E-state index in [0.717, 1.165) is 17.4 Å². The van der Waals surface area contributed by atoms with Crippen LogP contribution in [0.4, 0.5) is 5.69 Å². The molecule has 0 bridgehead atoms. The zero-order valence-electron chi connectivity index (χ0n) is 9.45. The van der Waals surface area contributed by atoms with Crippen molar-refractivity contribution >= 4 is 33.4 Å². The van der Waals surface area contributed by atoms with E-state index < -0.39 is 0 Å². The van der Waals surface area contributed by atoms with Crippen LogP contribution in [0.3, 0.4) is 0 Å². The Hall–Kier alpha value is -0.190. The van der Waals surface area contributed by atoms with Gasteiger partial charge in [-0.25, -0.2) is 0 Å². The van der Waals surface area contributed by atoms with Crippen LogP contribution in [0.2, 0.25) is 0 Å². The Morgan fingerprint density at radius 1 is 1.56 bits per heavy atom. The largest absolute Gasteiger partial charge is 0.370 e. The fraction of sp³-hybridized carbons (Fsp3) is 0.500. The highest BCUT2D eigenvalue weighted by Crippen LogP contribution is 2.39. The Morgan fingerprint density at radius 3 is 3.12 bits per heavy atom. The molecule has 1 aromatic carbocycles. The topological polar surface area (TPSA) is 29.3 Å². The zero-order chi connectivity index (χ0) is 11.5. The molecule has 4 heteroatoms. The van der Waals surface area contributed by atoms with Crippen molar-refractivity contribution < 1.29 is 0 Å². The van der Waals surface area contributed by atoms with Gasteiger partial charge >= 0.3 is 0 Å². The van der Waals surface area contributed by atoms with Crippen LogP contribution in [0, 0.1) is 0 Å². The number of benzene rings is 1. The average molecular weight is 301 g/mol. The SMILES string of the molecule is CN1c2cc(Br)ccc2SCC1CCCN. The Labute approximate surface area is 110 Å². The van der Waals surface area contributed by atoms with Gasteiger partial charge in [-0.15, -0.1) is 11.8 Å². The molecule has 1 aromatic rings. The van der Waals surface area contributed by atoms with Crippen molar-refractivity contribution in [3.63, 3.8) is 0 Å². The first-order valence-corrected chi connectivity index (χ1v) is 7.35. The molecule has 0 saturated carbocycles. The van der Waals surface area contributed by atoms with Gasteiger partial charge in [-0.2, -0.15) is 0 Å². The van der Waals surface area contributed by atoms with E-state index >= 15 is 0 Å². The van der Waals surface area contributed by atoms with Crippen LogP contribution in [-0.4, -0.2) is 25.4 Å². The van der Waals surface area contributed by atoms with Crippen molar-refractivity contribution in [1.29, 1.82) is 0 Å². The number of halogens is 1. The molecule has 1 atom stereocenters. The summed E-state index contributed by atoms with van der Waals surface area (Å²) in [6.07, 6.45) is 2.30. The molecular formula is C12H17BrN2S. The Bertz CT molecular complexity index is 370. The van der Waals surface area contributed by atoms with Crippen LogP contribution in [0.25, 0.3) is 0 Å². The highest BCUT2D eigenvalue weighted by atomic mass is 79.9. The van der Waals surface area contributed by atoms with Gasteiger partial charge in [-0.1, -0.05) is 15.9 Å². The highest BCUT2D eigenvalue weighted by molar-refractivity contribution is 9.10. The van der Waals surface area contributed by atoms with Gasteiger partial charge in [0.2, 0.25) is 0 Å². The number of anilines is 1. The molecule has 1 aliphatic rings. The van der Waals surface area contributed by atoms with Crippen molar-refractivity contribution in [2.75, 3.05) is 24.2 Å². The second kappa shape index (κ2) is 5.43. The average Bonchev–Trinajstić information content (AvgIpc) is 2.29. The monoisotopic (exact) mass is 300 g/mol. The van der Waals surface area contributed by atoms with Crippen LogP contribution in [0.15, 0.2) is 27.6 Å². The minimum absolute atomic E-state index is 0.621. The summed E-state index contributed by atoms with van der Waals surface area (Å²) >= 11 is 5.49. The molecule has 0 aliphatic carbocycles. The molecule has 2 nitrogen and oxygen atoms in total. The Kier molecular flexibility index (Phi) is 4.16. The van der Waals surface area contributed by atoms with E-state index in [9.17, 15) is 0 Å². The van der Waals surface area contributed by atoms with Gasteiger partial charge in [-0.3, -0.25) is 0 Å². The number of nitrogens with two attached hydrogens (primary N) is 1. The van der Waals surface area contributed by atoms with E-state index in [1.165, 1.54) is 22.8 Å². The summed E-state index contributed by atoms with van der Waals surface area (Å²) in [6.45, 7) is 0.792. The molecule has 88 valence electrons. The van der Waals surface area contributed by atoms with Crippen molar-refractivity contribution in [3.05, 3.63) is 22.7 Å². The molecule has 2 N–H and O–H groups in total. The summed E-state index contributed by atoms with van der Waals surface area (Å²) in [4.78, 5) is 3.78. The highest BCUT2D eigenvalue weighted by Gasteiger charge is 2.23. The predicted molar refractivity (Wildman–Crippen MR) is 75.3 cm³/mol. The second-order valence-corrected chi connectivity index (χ2v) is 6.10. The van der Waals surface area contributed by atoms with Crippen molar-refractivity contribution in [1.82, 2.24) is 0 Å². The lowest BCUT2D eigenvalue weighted by Crippen LogP contribution is -2.37. The van der Waals surface area contributed by atoms with Gasteiger partial charge in [-0.05, 0) is 37.6 Å². The lowest BCUT2D eigenvalue weighted by atomic mass is 10.1. The van der Waals surface area contributed by atoms with Crippen molar-refractivity contribution in [2.45, 2.75) is 23.8 Å². The first-order chi connectivity index (χ1) is 7.72. The van der Waals surface area contributed by atoms with Gasteiger partial charge < -0.3 is 10.6 Å². The minimum Gasteiger partial charge on any atom is -0.370 e. The van der Waals surface area contributed by atoms with E-state index in [0.29, 0.717) is 6.04 Å². The summed E-state index contributed by atoms with van der Waals surface area (Å²) in [5, 5.41) is 0. The number of fused-ring (bicyclic) bond motifs is 1. The summed E-state index contributed by atoms with van der Waals surface area (Å²) in [6, 6.07) is 7.13. The third-order valence-corrected chi connectivity index (χ3v) is 4.72. The number of thioether (sulfide) groups is 1. The quantitative estimate of drug-likeness (QED) is 0.930. The molecule has 16 heavy (non-hydrogen) atoms. The normalized spacial score (nSPS) is 19.7. The number of hydrogen-bond donors (Lipinski definition) is 1. The summed E-state index contributed by atoms with van der Waals surface area (Å²) in [5.41, 5.74) is 6.92. The molecule has 1 aliphatic heterocycles. The fourth-order valence-electron chi connectivity index (χ4n) is 2.01. The zero-order valence-corrected chi connectivity index (χ0v) is 11.9. The number of rotatable bonds is 3. The minimum atomic E-state index is 0.621.